The molecule has 10 heteroatoms. The van der Waals surface area contributed by atoms with E-state index in [1.165, 1.54) is 14.9 Å². The fourth-order valence-electron chi connectivity index (χ4n) is 3.76. The summed E-state index contributed by atoms with van der Waals surface area (Å²) >= 11 is 0. The van der Waals surface area contributed by atoms with Crippen LogP contribution >= 0.6 is 0 Å². The van der Waals surface area contributed by atoms with E-state index in [0.29, 0.717) is 55.9 Å². The lowest BCUT2D eigenvalue weighted by Gasteiger charge is -2.31. The number of aryl methyl sites for hydroxylation is 1. The van der Waals surface area contributed by atoms with Gasteiger partial charge in [-0.2, -0.15) is 4.31 Å². The van der Waals surface area contributed by atoms with Crippen molar-refractivity contribution in [1.29, 1.82) is 0 Å². The van der Waals surface area contributed by atoms with E-state index in [2.05, 4.69) is 10.2 Å². The second kappa shape index (κ2) is 9.27. The summed E-state index contributed by atoms with van der Waals surface area (Å²) in [7, 11) is -1.65. The van der Waals surface area contributed by atoms with Crippen LogP contribution in [0.15, 0.2) is 62.6 Å². The molecule has 1 saturated heterocycles. The lowest BCUT2D eigenvalue weighted by molar-refractivity contribution is -0.116. The lowest BCUT2D eigenvalue weighted by Crippen LogP contribution is -2.47. The van der Waals surface area contributed by atoms with E-state index in [4.69, 9.17) is 4.42 Å². The summed E-state index contributed by atoms with van der Waals surface area (Å²) in [5.74, 6) is -0.701. The average molecular weight is 459 g/mol. The number of amides is 1. The van der Waals surface area contributed by atoms with Gasteiger partial charge in [0.1, 0.15) is 0 Å². The molecular formula is C22H26N4O5S. The molecule has 0 aliphatic carbocycles. The zero-order chi connectivity index (χ0) is 22.7. The number of nitrogens with one attached hydrogen (secondary N) is 1. The number of piperazine rings is 1. The maximum atomic E-state index is 12.9. The number of carbonyl (C=O) groups excluding carboxylic acids is 1. The zero-order valence-electron chi connectivity index (χ0n) is 17.9. The number of hydrogen-bond acceptors (Lipinski definition) is 6. The third-order valence-corrected chi connectivity index (χ3v) is 7.47. The molecule has 1 fully saturated rings. The van der Waals surface area contributed by atoms with Crippen molar-refractivity contribution >= 4 is 32.7 Å². The standard InChI is InChI=1S/C22H26N4O5S/c1-24-12-14-25(15-13-24)32(29,30)18-7-4-6-17(16-18)23-21(27)10-5-11-26-19-8-2-3-9-20(19)31-22(26)28/h2-4,6-9,16H,5,10-15H2,1H3,(H,23,27). The molecule has 0 unspecified atom stereocenters. The van der Waals surface area contributed by atoms with Gasteiger partial charge in [0.25, 0.3) is 0 Å². The smallest absolute Gasteiger partial charge is 0.408 e. The van der Waals surface area contributed by atoms with Crippen LogP contribution in [0.2, 0.25) is 0 Å². The summed E-state index contributed by atoms with van der Waals surface area (Å²) < 4.78 is 34.0. The maximum absolute atomic E-state index is 12.9. The number of para-hydroxylation sites is 2. The van der Waals surface area contributed by atoms with Gasteiger partial charge in [-0.1, -0.05) is 18.2 Å². The third kappa shape index (κ3) is 4.77. The Morgan fingerprint density at radius 1 is 1.06 bits per heavy atom. The van der Waals surface area contributed by atoms with Crippen molar-refractivity contribution in [3.63, 3.8) is 0 Å². The molecule has 1 aliphatic heterocycles. The van der Waals surface area contributed by atoms with Crippen LogP contribution < -0.4 is 11.1 Å². The molecule has 9 nitrogen and oxygen atoms in total. The average Bonchev–Trinajstić information content (AvgIpc) is 3.09. The van der Waals surface area contributed by atoms with Crippen molar-refractivity contribution in [2.24, 2.45) is 0 Å². The van der Waals surface area contributed by atoms with Crippen molar-refractivity contribution in [1.82, 2.24) is 13.8 Å². The van der Waals surface area contributed by atoms with Crippen molar-refractivity contribution < 1.29 is 17.6 Å². The molecule has 32 heavy (non-hydrogen) atoms. The van der Waals surface area contributed by atoms with E-state index < -0.39 is 15.8 Å². The Kier molecular flexibility index (Phi) is 6.45. The topological polar surface area (TPSA) is 105 Å². The predicted molar refractivity (Wildman–Crippen MR) is 121 cm³/mol. The third-order valence-electron chi connectivity index (χ3n) is 5.58. The normalized spacial score (nSPS) is 15.8. The van der Waals surface area contributed by atoms with E-state index in [-0.39, 0.29) is 17.2 Å². The van der Waals surface area contributed by atoms with Gasteiger partial charge in [-0.05, 0) is 43.8 Å². The van der Waals surface area contributed by atoms with E-state index in [0.717, 1.165) is 0 Å². The van der Waals surface area contributed by atoms with E-state index in [1.54, 1.807) is 36.4 Å². The second-order valence-electron chi connectivity index (χ2n) is 7.87. The van der Waals surface area contributed by atoms with Gasteiger partial charge in [0.2, 0.25) is 15.9 Å². The molecule has 4 rings (SSSR count). The largest absolute Gasteiger partial charge is 0.419 e. The Morgan fingerprint density at radius 2 is 1.81 bits per heavy atom. The number of fused-ring (bicyclic) bond motifs is 1. The number of likely N-dealkylation sites (N-methyl/N-ethyl adjacent to an activating group) is 1. The first-order valence-corrected chi connectivity index (χ1v) is 12.0. The quantitative estimate of drug-likeness (QED) is 0.580. The van der Waals surface area contributed by atoms with Gasteiger partial charge < -0.3 is 14.6 Å². The Labute approximate surface area is 186 Å². The fourth-order valence-corrected chi connectivity index (χ4v) is 5.23. The molecule has 1 aliphatic rings. The molecule has 0 radical (unpaired) electrons. The zero-order valence-corrected chi connectivity index (χ0v) is 18.7. The number of sulfonamides is 1. The minimum Gasteiger partial charge on any atom is -0.408 e. The molecule has 0 saturated carbocycles. The number of rotatable bonds is 7. The summed E-state index contributed by atoms with van der Waals surface area (Å²) in [6, 6.07) is 13.4. The minimum absolute atomic E-state index is 0.163. The van der Waals surface area contributed by atoms with Crippen LogP contribution in [0, 0.1) is 0 Å². The van der Waals surface area contributed by atoms with Crippen LogP contribution in [0.1, 0.15) is 12.8 Å². The van der Waals surface area contributed by atoms with Gasteiger partial charge >= 0.3 is 5.76 Å². The minimum atomic E-state index is -3.61. The highest BCUT2D eigenvalue weighted by Gasteiger charge is 2.27. The monoisotopic (exact) mass is 458 g/mol. The van der Waals surface area contributed by atoms with Gasteiger partial charge in [-0.25, -0.2) is 13.2 Å². The number of nitrogens with zero attached hydrogens (tertiary/aromatic N) is 3. The fraction of sp³-hybridized carbons (Fsp3) is 0.364. The number of carbonyl (C=O) groups is 1. The molecule has 0 atom stereocenters. The van der Waals surface area contributed by atoms with Gasteiger partial charge in [0.05, 0.1) is 10.4 Å². The molecule has 1 N–H and O–H groups in total. The van der Waals surface area contributed by atoms with Crippen molar-refractivity contribution in [3.8, 4) is 0 Å². The highest BCUT2D eigenvalue weighted by Crippen LogP contribution is 2.21. The Balaban J connectivity index is 1.36. The van der Waals surface area contributed by atoms with Crippen LogP contribution in [0.3, 0.4) is 0 Å². The van der Waals surface area contributed by atoms with Crippen LogP contribution in [0.4, 0.5) is 5.69 Å². The summed E-state index contributed by atoms with van der Waals surface area (Å²) in [6.45, 7) is 2.60. The molecular weight excluding hydrogens is 432 g/mol. The van der Waals surface area contributed by atoms with Crippen LogP contribution in [-0.2, 0) is 21.4 Å². The highest BCUT2D eigenvalue weighted by atomic mass is 32.2. The lowest BCUT2D eigenvalue weighted by atomic mass is 10.2. The first-order valence-electron chi connectivity index (χ1n) is 10.5. The van der Waals surface area contributed by atoms with Crippen molar-refractivity contribution in [2.75, 3.05) is 38.5 Å². The predicted octanol–water partition coefficient (Wildman–Crippen LogP) is 1.95. The molecule has 3 aromatic rings. The van der Waals surface area contributed by atoms with E-state index in [9.17, 15) is 18.0 Å². The van der Waals surface area contributed by atoms with Gasteiger partial charge in [-0.3, -0.25) is 9.36 Å². The number of oxazole rings is 1. The van der Waals surface area contributed by atoms with Gasteiger partial charge in [0.15, 0.2) is 5.58 Å². The molecule has 0 spiro atoms. The second-order valence-corrected chi connectivity index (χ2v) is 9.81. The van der Waals surface area contributed by atoms with E-state index >= 15 is 0 Å². The summed E-state index contributed by atoms with van der Waals surface area (Å²) in [5, 5.41) is 2.76. The molecule has 2 heterocycles. The molecule has 2 aromatic carbocycles. The van der Waals surface area contributed by atoms with Crippen LogP contribution in [0.25, 0.3) is 11.1 Å². The summed E-state index contributed by atoms with van der Waals surface area (Å²) in [6.07, 6.45) is 0.621. The molecule has 1 aromatic heterocycles. The number of hydrogen-bond donors (Lipinski definition) is 1. The van der Waals surface area contributed by atoms with Crippen LogP contribution in [0.5, 0.6) is 0 Å². The Hall–Kier alpha value is -2.95. The molecule has 170 valence electrons. The maximum Gasteiger partial charge on any atom is 0.419 e. The first kappa shape index (κ1) is 22.3. The highest BCUT2D eigenvalue weighted by molar-refractivity contribution is 7.89. The van der Waals surface area contributed by atoms with Crippen molar-refractivity contribution in [2.45, 2.75) is 24.3 Å². The Morgan fingerprint density at radius 3 is 2.59 bits per heavy atom. The van der Waals surface area contributed by atoms with Crippen molar-refractivity contribution in [3.05, 3.63) is 59.1 Å². The first-order chi connectivity index (χ1) is 15.3. The van der Waals surface area contributed by atoms with E-state index in [1.807, 2.05) is 13.1 Å². The number of benzene rings is 2. The molecule has 0 bridgehead atoms. The molecule has 1 amide bonds. The number of anilines is 1. The summed E-state index contributed by atoms with van der Waals surface area (Å²) in [4.78, 5) is 26.7. The Bertz CT molecular complexity index is 1270. The number of aromatic nitrogens is 1. The SMILES string of the molecule is CN1CCN(S(=O)(=O)c2cccc(NC(=O)CCCn3c(=O)oc4ccccc43)c2)CC1. The summed E-state index contributed by atoms with van der Waals surface area (Å²) in [5.41, 5.74) is 1.64. The van der Waals surface area contributed by atoms with Gasteiger partial charge in [-0.15, -0.1) is 0 Å². The van der Waals surface area contributed by atoms with Gasteiger partial charge in [0, 0.05) is 44.8 Å². The van der Waals surface area contributed by atoms with Crippen LogP contribution in [-0.4, -0.2) is 61.3 Å².